The van der Waals surface area contributed by atoms with E-state index in [0.29, 0.717) is 5.37 Å². The first kappa shape index (κ1) is 8.85. The van der Waals surface area contributed by atoms with Gasteiger partial charge in [0, 0.05) is 12.5 Å². The van der Waals surface area contributed by atoms with E-state index in [1.54, 1.807) is 0 Å². The van der Waals surface area contributed by atoms with Crippen LogP contribution < -0.4 is 5.32 Å². The molecule has 0 saturated carbocycles. The van der Waals surface area contributed by atoms with Crippen molar-refractivity contribution in [2.45, 2.75) is 18.7 Å². The van der Waals surface area contributed by atoms with Crippen LogP contribution in [0.5, 0.6) is 0 Å². The Morgan fingerprint density at radius 3 is 3.00 bits per heavy atom. The maximum absolute atomic E-state index is 5.38. The molecular weight excluding hydrogens is 170 g/mol. The van der Waals surface area contributed by atoms with Crippen LogP contribution in [0.3, 0.4) is 0 Å². The molecule has 2 saturated heterocycles. The maximum atomic E-state index is 5.38. The highest BCUT2D eigenvalue weighted by Gasteiger charge is 2.28. The zero-order valence-corrected chi connectivity index (χ0v) is 8.40. The average Bonchev–Trinajstić information content (AvgIpc) is 2.58. The molecular formula is C9H17NOS. The monoisotopic (exact) mass is 187 g/mol. The summed E-state index contributed by atoms with van der Waals surface area (Å²) in [5.41, 5.74) is 0. The Hall–Kier alpha value is 0.270. The third-order valence-corrected chi connectivity index (χ3v) is 4.29. The third kappa shape index (κ3) is 1.95. The molecule has 2 nitrogen and oxygen atoms in total. The number of hydrogen-bond donors (Lipinski definition) is 1. The van der Waals surface area contributed by atoms with Crippen LogP contribution in [0.4, 0.5) is 0 Å². The lowest BCUT2D eigenvalue weighted by atomic mass is 10.1. The van der Waals surface area contributed by atoms with Crippen molar-refractivity contribution in [3.05, 3.63) is 0 Å². The lowest BCUT2D eigenvalue weighted by molar-refractivity contribution is 0.182. The van der Waals surface area contributed by atoms with Gasteiger partial charge < -0.3 is 10.1 Å². The van der Waals surface area contributed by atoms with E-state index in [0.717, 1.165) is 25.0 Å². The Labute approximate surface area is 78.4 Å². The molecule has 0 radical (unpaired) electrons. The van der Waals surface area contributed by atoms with Gasteiger partial charge in [0.25, 0.3) is 0 Å². The predicted molar refractivity (Wildman–Crippen MR) is 52.3 cm³/mol. The molecule has 0 bridgehead atoms. The van der Waals surface area contributed by atoms with Gasteiger partial charge in [0.2, 0.25) is 0 Å². The van der Waals surface area contributed by atoms with E-state index in [-0.39, 0.29) is 0 Å². The Morgan fingerprint density at radius 2 is 2.42 bits per heavy atom. The highest BCUT2D eigenvalue weighted by molar-refractivity contribution is 7.99. The molecule has 3 heteroatoms. The summed E-state index contributed by atoms with van der Waals surface area (Å²) >= 11 is 2.08. The fourth-order valence-corrected chi connectivity index (χ4v) is 3.15. The molecule has 0 aromatic rings. The zero-order valence-electron chi connectivity index (χ0n) is 7.58. The molecule has 2 heterocycles. The molecule has 1 N–H and O–H groups in total. The largest absolute Gasteiger partial charge is 0.381 e. The van der Waals surface area contributed by atoms with Crippen LogP contribution in [-0.4, -0.2) is 30.9 Å². The summed E-state index contributed by atoms with van der Waals surface area (Å²) in [5.74, 6) is 2.92. The lowest BCUT2D eigenvalue weighted by Crippen LogP contribution is -2.41. The van der Waals surface area contributed by atoms with Crippen LogP contribution in [0.2, 0.25) is 0 Å². The third-order valence-electron chi connectivity index (χ3n) is 2.62. The van der Waals surface area contributed by atoms with E-state index in [4.69, 9.17) is 4.74 Å². The first-order chi connectivity index (χ1) is 5.86. The smallest absolute Gasteiger partial charge is 0.0583 e. The van der Waals surface area contributed by atoms with Gasteiger partial charge in [-0.1, -0.05) is 6.92 Å². The second-order valence-electron chi connectivity index (χ2n) is 3.89. The number of ether oxygens (including phenoxy) is 1. The molecule has 70 valence electrons. The molecule has 3 unspecified atom stereocenters. The Balaban J connectivity index is 1.80. The summed E-state index contributed by atoms with van der Waals surface area (Å²) in [6, 6.07) is 0. The van der Waals surface area contributed by atoms with Crippen LogP contribution in [0.15, 0.2) is 0 Å². The van der Waals surface area contributed by atoms with Crippen molar-refractivity contribution in [2.75, 3.05) is 25.5 Å². The van der Waals surface area contributed by atoms with E-state index in [1.807, 2.05) is 0 Å². The second kappa shape index (κ2) is 3.99. The Bertz CT molecular complexity index is 139. The molecule has 2 aliphatic rings. The summed E-state index contributed by atoms with van der Waals surface area (Å²) in [6.07, 6.45) is 1.25. The number of nitrogens with one attached hydrogen (secondary N) is 1. The van der Waals surface area contributed by atoms with Gasteiger partial charge in [0.1, 0.15) is 0 Å². The van der Waals surface area contributed by atoms with Crippen LogP contribution in [0, 0.1) is 11.8 Å². The van der Waals surface area contributed by atoms with Gasteiger partial charge in [-0.25, -0.2) is 0 Å². The molecule has 3 atom stereocenters. The average molecular weight is 187 g/mol. The molecule has 12 heavy (non-hydrogen) atoms. The van der Waals surface area contributed by atoms with Gasteiger partial charge in [-0.2, -0.15) is 0 Å². The van der Waals surface area contributed by atoms with E-state index in [2.05, 4.69) is 24.0 Å². The van der Waals surface area contributed by atoms with Crippen molar-refractivity contribution in [3.63, 3.8) is 0 Å². The lowest BCUT2D eigenvalue weighted by Gasteiger charge is -2.30. The second-order valence-corrected chi connectivity index (χ2v) is 5.07. The van der Waals surface area contributed by atoms with Crippen molar-refractivity contribution in [2.24, 2.45) is 11.8 Å². The van der Waals surface area contributed by atoms with Crippen molar-refractivity contribution in [3.8, 4) is 0 Å². The number of rotatable bonds is 1. The van der Waals surface area contributed by atoms with Gasteiger partial charge in [-0.15, -0.1) is 11.8 Å². The minimum Gasteiger partial charge on any atom is -0.381 e. The van der Waals surface area contributed by atoms with Crippen molar-refractivity contribution in [1.82, 2.24) is 5.32 Å². The standard InChI is InChI=1S/C9H17NOS/c1-7-4-10-9(12-6-7)8-2-3-11-5-8/h7-10H,2-6H2,1H3. The minimum atomic E-state index is 0.670. The quantitative estimate of drug-likeness (QED) is 0.669. The Kier molecular flexibility index (Phi) is 2.94. The molecule has 0 aromatic heterocycles. The molecule has 0 spiro atoms. The Morgan fingerprint density at radius 1 is 1.50 bits per heavy atom. The molecule has 2 aliphatic heterocycles. The summed E-state index contributed by atoms with van der Waals surface area (Å²) < 4.78 is 5.38. The van der Waals surface area contributed by atoms with E-state index in [9.17, 15) is 0 Å². The highest BCUT2D eigenvalue weighted by atomic mass is 32.2. The SMILES string of the molecule is CC1CNC(C2CCOC2)SC1. The van der Waals surface area contributed by atoms with E-state index >= 15 is 0 Å². The van der Waals surface area contributed by atoms with Crippen LogP contribution in [0.1, 0.15) is 13.3 Å². The van der Waals surface area contributed by atoms with Gasteiger partial charge in [0.05, 0.1) is 12.0 Å². The van der Waals surface area contributed by atoms with Crippen LogP contribution in [-0.2, 0) is 4.74 Å². The van der Waals surface area contributed by atoms with Crippen molar-refractivity contribution >= 4 is 11.8 Å². The van der Waals surface area contributed by atoms with E-state index < -0.39 is 0 Å². The first-order valence-corrected chi connectivity index (χ1v) is 5.84. The van der Waals surface area contributed by atoms with E-state index in [1.165, 1.54) is 18.7 Å². The first-order valence-electron chi connectivity index (χ1n) is 4.79. The molecule has 2 rings (SSSR count). The topological polar surface area (TPSA) is 21.3 Å². The molecule has 0 aromatic carbocycles. The van der Waals surface area contributed by atoms with Gasteiger partial charge in [-0.05, 0) is 24.6 Å². The number of hydrogen-bond acceptors (Lipinski definition) is 3. The summed E-state index contributed by atoms with van der Waals surface area (Å²) in [5, 5.41) is 4.26. The summed E-state index contributed by atoms with van der Waals surface area (Å²) in [7, 11) is 0. The summed E-state index contributed by atoms with van der Waals surface area (Å²) in [4.78, 5) is 0. The van der Waals surface area contributed by atoms with Crippen molar-refractivity contribution < 1.29 is 4.74 Å². The van der Waals surface area contributed by atoms with Crippen LogP contribution >= 0.6 is 11.8 Å². The van der Waals surface area contributed by atoms with Gasteiger partial charge in [0.15, 0.2) is 0 Å². The maximum Gasteiger partial charge on any atom is 0.0583 e. The van der Waals surface area contributed by atoms with Crippen LogP contribution in [0.25, 0.3) is 0 Å². The normalized spacial score (nSPS) is 43.2. The number of thioether (sulfide) groups is 1. The fourth-order valence-electron chi connectivity index (χ4n) is 1.80. The molecule has 0 amide bonds. The molecule has 2 fully saturated rings. The van der Waals surface area contributed by atoms with Gasteiger partial charge >= 0.3 is 0 Å². The summed E-state index contributed by atoms with van der Waals surface area (Å²) in [6.45, 7) is 5.44. The molecule has 0 aliphatic carbocycles. The van der Waals surface area contributed by atoms with Gasteiger partial charge in [-0.3, -0.25) is 0 Å². The minimum absolute atomic E-state index is 0.670. The fraction of sp³-hybridized carbons (Fsp3) is 1.00. The van der Waals surface area contributed by atoms with Crippen molar-refractivity contribution in [1.29, 1.82) is 0 Å². The highest BCUT2D eigenvalue weighted by Crippen LogP contribution is 2.28. The zero-order chi connectivity index (χ0) is 8.39. The predicted octanol–water partition coefficient (Wildman–Crippen LogP) is 1.32.